The van der Waals surface area contributed by atoms with Crippen LogP contribution in [0.5, 0.6) is 11.5 Å². The Morgan fingerprint density at radius 2 is 1.75 bits per heavy atom. The van der Waals surface area contributed by atoms with Crippen molar-refractivity contribution >= 4 is 28.4 Å². The summed E-state index contributed by atoms with van der Waals surface area (Å²) in [5.74, 6) is 1.14. The molecule has 7 nitrogen and oxygen atoms in total. The molecule has 32 heavy (non-hydrogen) atoms. The fraction of sp³-hybridized carbons (Fsp3) is 0.0909. The highest BCUT2D eigenvalue weighted by molar-refractivity contribution is 5.99. The molecule has 2 aromatic heterocycles. The molecule has 2 aromatic carbocycles. The monoisotopic (exact) mass is 442 g/mol. The number of urea groups is 1. The van der Waals surface area contributed by atoms with Gasteiger partial charge in [-0.3, -0.25) is 0 Å². The van der Waals surface area contributed by atoms with Crippen molar-refractivity contribution in [1.82, 2.24) is 9.97 Å². The van der Waals surface area contributed by atoms with Crippen molar-refractivity contribution in [3.8, 4) is 11.5 Å². The van der Waals surface area contributed by atoms with Crippen LogP contribution in [-0.2, 0) is 12.8 Å². The zero-order chi connectivity index (χ0) is 22.7. The summed E-state index contributed by atoms with van der Waals surface area (Å²) in [5.41, 5.74) is -0.227. The number of aliphatic hydroxyl groups excluding tert-OH is 1. The molecule has 0 saturated carbocycles. The zero-order valence-electron chi connectivity index (χ0n) is 16.4. The summed E-state index contributed by atoms with van der Waals surface area (Å²) in [6, 6.07) is 12.5. The molecule has 4 rings (SSSR count). The molecule has 0 saturated heterocycles. The predicted octanol–water partition coefficient (Wildman–Crippen LogP) is 5.51. The number of nitrogens with one attached hydrogen (secondary N) is 3. The molecule has 0 aliphatic carbocycles. The van der Waals surface area contributed by atoms with Gasteiger partial charge in [0.25, 0.3) is 0 Å². The van der Waals surface area contributed by atoms with E-state index in [1.807, 2.05) is 6.07 Å². The minimum absolute atomic E-state index is 0.0554. The molecule has 2 heterocycles. The van der Waals surface area contributed by atoms with Gasteiger partial charge in [-0.15, -0.1) is 0 Å². The standard InChI is InChI=1S/C22H17F3N4O3/c23-22(24,25)18-11-15(2-1-13(18)12-30)29-21(31)28-14-3-5-16(6-4-14)32-19-8-10-27-20-17(19)7-9-26-20/h1-11,30H,12H2,(H,26,27)(H2,28,29,31). The molecule has 0 radical (unpaired) electrons. The van der Waals surface area contributed by atoms with Crippen LogP contribution >= 0.6 is 0 Å². The summed E-state index contributed by atoms with van der Waals surface area (Å²) < 4.78 is 45.2. The number of aromatic nitrogens is 2. The van der Waals surface area contributed by atoms with Crippen molar-refractivity contribution < 1.29 is 27.8 Å². The minimum Gasteiger partial charge on any atom is -0.457 e. The number of ether oxygens (including phenoxy) is 1. The summed E-state index contributed by atoms with van der Waals surface area (Å²) in [6.07, 6.45) is -1.28. The number of amides is 2. The molecule has 0 spiro atoms. The Bertz CT molecular complexity index is 1250. The fourth-order valence-electron chi connectivity index (χ4n) is 3.11. The molecule has 0 aliphatic heterocycles. The van der Waals surface area contributed by atoms with E-state index < -0.39 is 24.4 Å². The van der Waals surface area contributed by atoms with Crippen molar-refractivity contribution in [2.75, 3.05) is 10.6 Å². The zero-order valence-corrected chi connectivity index (χ0v) is 16.4. The molecule has 2 amide bonds. The first kappa shape index (κ1) is 21.2. The predicted molar refractivity (Wildman–Crippen MR) is 113 cm³/mol. The Balaban J connectivity index is 1.41. The van der Waals surface area contributed by atoms with E-state index in [0.29, 0.717) is 22.8 Å². The third-order valence-corrected chi connectivity index (χ3v) is 4.60. The van der Waals surface area contributed by atoms with Crippen molar-refractivity contribution in [2.24, 2.45) is 0 Å². The molecule has 4 N–H and O–H groups in total. The highest BCUT2D eigenvalue weighted by Crippen LogP contribution is 2.34. The normalized spacial score (nSPS) is 11.4. The van der Waals surface area contributed by atoms with Gasteiger partial charge in [-0.1, -0.05) is 6.07 Å². The topological polar surface area (TPSA) is 99.3 Å². The number of nitrogens with zero attached hydrogens (tertiary/aromatic N) is 1. The highest BCUT2D eigenvalue weighted by atomic mass is 19.4. The number of alkyl halides is 3. The Labute approximate surface area is 179 Å². The maximum absolute atomic E-state index is 13.1. The first-order valence-electron chi connectivity index (χ1n) is 9.42. The van der Waals surface area contributed by atoms with Gasteiger partial charge in [-0.2, -0.15) is 13.2 Å². The van der Waals surface area contributed by atoms with E-state index in [-0.39, 0.29) is 11.3 Å². The lowest BCUT2D eigenvalue weighted by molar-refractivity contribution is -0.138. The highest BCUT2D eigenvalue weighted by Gasteiger charge is 2.33. The van der Waals surface area contributed by atoms with Crippen LogP contribution in [-0.4, -0.2) is 21.1 Å². The maximum Gasteiger partial charge on any atom is 0.416 e. The van der Waals surface area contributed by atoms with Crippen LogP contribution in [0, 0.1) is 0 Å². The average Bonchev–Trinajstić information content (AvgIpc) is 3.24. The molecule has 10 heteroatoms. The second-order valence-corrected chi connectivity index (χ2v) is 6.78. The summed E-state index contributed by atoms with van der Waals surface area (Å²) in [6.45, 7) is -0.759. The number of aliphatic hydroxyl groups is 1. The lowest BCUT2D eigenvalue weighted by atomic mass is 10.1. The largest absolute Gasteiger partial charge is 0.457 e. The number of hydrogen-bond acceptors (Lipinski definition) is 4. The molecule has 0 atom stereocenters. The van der Waals surface area contributed by atoms with Crippen molar-refractivity contribution in [3.05, 3.63) is 78.1 Å². The van der Waals surface area contributed by atoms with E-state index in [1.54, 1.807) is 42.7 Å². The molecular weight excluding hydrogens is 425 g/mol. The van der Waals surface area contributed by atoms with Crippen LogP contribution in [0.25, 0.3) is 11.0 Å². The molecule has 0 fully saturated rings. The number of hydrogen-bond donors (Lipinski definition) is 4. The van der Waals surface area contributed by atoms with E-state index in [0.717, 1.165) is 17.5 Å². The van der Waals surface area contributed by atoms with Gasteiger partial charge >= 0.3 is 12.2 Å². The first-order chi connectivity index (χ1) is 15.3. The van der Waals surface area contributed by atoms with E-state index in [4.69, 9.17) is 9.84 Å². The Morgan fingerprint density at radius 3 is 2.47 bits per heavy atom. The third-order valence-electron chi connectivity index (χ3n) is 4.60. The summed E-state index contributed by atoms with van der Waals surface area (Å²) in [5, 5.41) is 14.8. The Hall–Kier alpha value is -4.05. The summed E-state index contributed by atoms with van der Waals surface area (Å²) in [4.78, 5) is 19.4. The molecule has 4 aromatic rings. The van der Waals surface area contributed by atoms with E-state index >= 15 is 0 Å². The van der Waals surface area contributed by atoms with Gasteiger partial charge in [0.05, 0.1) is 17.6 Å². The second kappa shape index (κ2) is 8.60. The van der Waals surface area contributed by atoms with Gasteiger partial charge in [0.15, 0.2) is 0 Å². The van der Waals surface area contributed by atoms with Gasteiger partial charge in [0.2, 0.25) is 0 Å². The van der Waals surface area contributed by atoms with E-state index in [9.17, 15) is 18.0 Å². The van der Waals surface area contributed by atoms with Gasteiger partial charge in [0, 0.05) is 23.8 Å². The van der Waals surface area contributed by atoms with E-state index in [1.165, 1.54) is 6.07 Å². The Kier molecular flexibility index (Phi) is 5.69. The molecule has 164 valence electrons. The van der Waals surface area contributed by atoms with Crippen LogP contribution in [0.4, 0.5) is 29.3 Å². The van der Waals surface area contributed by atoms with Crippen molar-refractivity contribution in [3.63, 3.8) is 0 Å². The summed E-state index contributed by atoms with van der Waals surface area (Å²) in [7, 11) is 0. The smallest absolute Gasteiger partial charge is 0.416 e. The number of benzene rings is 2. The first-order valence-corrected chi connectivity index (χ1v) is 9.42. The van der Waals surface area contributed by atoms with Gasteiger partial charge in [-0.25, -0.2) is 9.78 Å². The van der Waals surface area contributed by atoms with Gasteiger partial charge in [0.1, 0.15) is 17.1 Å². The fourth-order valence-corrected chi connectivity index (χ4v) is 3.11. The SMILES string of the molecule is O=C(Nc1ccc(Oc2ccnc3[nH]ccc23)cc1)Nc1ccc(CO)c(C(F)(F)F)c1. The van der Waals surface area contributed by atoms with Crippen LogP contribution in [0.3, 0.4) is 0 Å². The van der Waals surface area contributed by atoms with Crippen molar-refractivity contribution in [2.45, 2.75) is 12.8 Å². The van der Waals surface area contributed by atoms with Gasteiger partial charge in [-0.05, 0) is 54.1 Å². The molecule has 0 bridgehead atoms. The number of anilines is 2. The minimum atomic E-state index is -4.65. The average molecular weight is 442 g/mol. The number of halogens is 3. The number of rotatable bonds is 5. The number of pyridine rings is 1. The molecular formula is C22H17F3N4O3. The molecule has 0 aliphatic rings. The van der Waals surface area contributed by atoms with E-state index in [2.05, 4.69) is 20.6 Å². The number of H-pyrrole nitrogens is 1. The quantitative estimate of drug-likeness (QED) is 0.328. The van der Waals surface area contributed by atoms with Crippen LogP contribution in [0.15, 0.2) is 67.0 Å². The molecule has 0 unspecified atom stereocenters. The van der Waals surface area contributed by atoms with Crippen LogP contribution in [0.1, 0.15) is 11.1 Å². The summed E-state index contributed by atoms with van der Waals surface area (Å²) >= 11 is 0. The lowest BCUT2D eigenvalue weighted by Crippen LogP contribution is -2.20. The second-order valence-electron chi connectivity index (χ2n) is 6.78. The van der Waals surface area contributed by atoms with Gasteiger partial charge < -0.3 is 25.5 Å². The number of fused-ring (bicyclic) bond motifs is 1. The van der Waals surface area contributed by atoms with Crippen LogP contribution < -0.4 is 15.4 Å². The number of carbonyl (C=O) groups is 1. The Morgan fingerprint density at radius 1 is 1.03 bits per heavy atom. The number of carbonyl (C=O) groups excluding carboxylic acids is 1. The third kappa shape index (κ3) is 4.65. The number of aromatic amines is 1. The van der Waals surface area contributed by atoms with Crippen LogP contribution in [0.2, 0.25) is 0 Å². The maximum atomic E-state index is 13.1. The van der Waals surface area contributed by atoms with Crippen molar-refractivity contribution in [1.29, 1.82) is 0 Å². The lowest BCUT2D eigenvalue weighted by Gasteiger charge is -2.14.